The molecule has 0 aromatic heterocycles. The van der Waals surface area contributed by atoms with Gasteiger partial charge in [0.1, 0.15) is 17.3 Å². The summed E-state index contributed by atoms with van der Waals surface area (Å²) in [7, 11) is 2.01. The van der Waals surface area contributed by atoms with Gasteiger partial charge in [-0.15, -0.1) is 0 Å². The fraction of sp³-hybridized carbons (Fsp3) is 0.263. The zero-order chi connectivity index (χ0) is 18.7. The maximum atomic E-state index is 13.6. The third kappa shape index (κ3) is 3.88. The van der Waals surface area contributed by atoms with Crippen LogP contribution in [0.25, 0.3) is 0 Å². The largest absolute Gasteiger partial charge is 0.336 e. The minimum Gasteiger partial charge on any atom is -0.336 e. The van der Waals surface area contributed by atoms with Crippen LogP contribution in [0.3, 0.4) is 0 Å². The summed E-state index contributed by atoms with van der Waals surface area (Å²) in [5.41, 5.74) is 0.195. The van der Waals surface area contributed by atoms with Gasteiger partial charge in [-0.05, 0) is 43.4 Å². The number of amides is 2. The normalized spacial score (nSPS) is 15.0. The molecule has 2 aromatic rings. The molecule has 0 unspecified atom stereocenters. The van der Waals surface area contributed by atoms with Crippen LogP contribution in [0.5, 0.6) is 0 Å². The Kier molecular flexibility index (Phi) is 5.27. The summed E-state index contributed by atoms with van der Waals surface area (Å²) in [6.07, 6.45) is 0. The van der Waals surface area contributed by atoms with Crippen LogP contribution in [0.4, 0.5) is 14.5 Å². The minimum absolute atomic E-state index is 0.0924. The molecule has 2 amide bonds. The number of halogens is 2. The Balaban J connectivity index is 1.69. The van der Waals surface area contributed by atoms with Gasteiger partial charge in [0.05, 0.1) is 0 Å². The predicted molar refractivity (Wildman–Crippen MR) is 94.2 cm³/mol. The van der Waals surface area contributed by atoms with Crippen molar-refractivity contribution in [1.29, 1.82) is 0 Å². The average Bonchev–Trinajstić information content (AvgIpc) is 2.65. The molecule has 0 bridgehead atoms. The van der Waals surface area contributed by atoms with Crippen LogP contribution in [-0.2, 0) is 0 Å². The lowest BCUT2D eigenvalue weighted by Crippen LogP contribution is -2.47. The fourth-order valence-corrected chi connectivity index (χ4v) is 2.76. The standard InChI is InChI=1S/C19H19F2N3O2/c1-23-9-11-24(12-10-23)19(26)14-7-5-13(6-8-14)18(25)22-17-15(20)3-2-4-16(17)21/h2-8H,9-12H2,1H3,(H,22,25). The lowest BCUT2D eigenvalue weighted by atomic mass is 10.1. The van der Waals surface area contributed by atoms with E-state index in [1.807, 2.05) is 7.05 Å². The highest BCUT2D eigenvalue weighted by Crippen LogP contribution is 2.19. The first kappa shape index (κ1) is 18.0. The molecule has 136 valence electrons. The van der Waals surface area contributed by atoms with E-state index in [2.05, 4.69) is 10.2 Å². The van der Waals surface area contributed by atoms with Gasteiger partial charge in [-0.2, -0.15) is 0 Å². The Hall–Kier alpha value is -2.80. The molecule has 1 aliphatic rings. The van der Waals surface area contributed by atoms with Crippen LogP contribution >= 0.6 is 0 Å². The van der Waals surface area contributed by atoms with Gasteiger partial charge in [-0.25, -0.2) is 8.78 Å². The van der Waals surface area contributed by atoms with Gasteiger partial charge >= 0.3 is 0 Å². The van der Waals surface area contributed by atoms with Gasteiger partial charge in [0.15, 0.2) is 0 Å². The molecule has 26 heavy (non-hydrogen) atoms. The monoisotopic (exact) mass is 359 g/mol. The number of piperazine rings is 1. The molecule has 0 atom stereocenters. The maximum absolute atomic E-state index is 13.6. The number of benzene rings is 2. The van der Waals surface area contributed by atoms with Crippen molar-refractivity contribution in [3.05, 3.63) is 65.2 Å². The third-order valence-electron chi connectivity index (χ3n) is 4.39. The van der Waals surface area contributed by atoms with E-state index in [1.165, 1.54) is 18.2 Å². The van der Waals surface area contributed by atoms with E-state index < -0.39 is 23.2 Å². The summed E-state index contributed by atoms with van der Waals surface area (Å²) < 4.78 is 27.2. The molecule has 1 saturated heterocycles. The molecular formula is C19H19F2N3O2. The number of anilines is 1. The van der Waals surface area contributed by atoms with Gasteiger partial charge in [0.2, 0.25) is 0 Å². The summed E-state index contributed by atoms with van der Waals surface area (Å²) in [6.45, 7) is 2.95. The van der Waals surface area contributed by atoms with Gasteiger partial charge in [-0.1, -0.05) is 6.07 Å². The second-order valence-corrected chi connectivity index (χ2v) is 6.22. The number of carbonyl (C=O) groups is 2. The summed E-state index contributed by atoms with van der Waals surface area (Å²) >= 11 is 0. The number of rotatable bonds is 3. The van der Waals surface area contributed by atoms with Crippen LogP contribution in [0.15, 0.2) is 42.5 Å². The van der Waals surface area contributed by atoms with Crippen LogP contribution in [-0.4, -0.2) is 54.8 Å². The topological polar surface area (TPSA) is 52.7 Å². The molecule has 0 radical (unpaired) electrons. The molecule has 0 aliphatic carbocycles. The summed E-state index contributed by atoms with van der Waals surface area (Å²) in [6, 6.07) is 9.39. The Bertz CT molecular complexity index is 796. The van der Waals surface area contributed by atoms with Crippen molar-refractivity contribution >= 4 is 17.5 Å². The summed E-state index contributed by atoms with van der Waals surface area (Å²) in [5.74, 6) is -2.43. The maximum Gasteiger partial charge on any atom is 0.255 e. The number of nitrogens with zero attached hydrogens (tertiary/aromatic N) is 2. The summed E-state index contributed by atoms with van der Waals surface area (Å²) in [5, 5.41) is 2.22. The Morgan fingerprint density at radius 2 is 1.42 bits per heavy atom. The number of carbonyl (C=O) groups excluding carboxylic acids is 2. The predicted octanol–water partition coefficient (Wildman–Crippen LogP) is 2.60. The van der Waals surface area contributed by atoms with Gasteiger partial charge in [0.25, 0.3) is 11.8 Å². The van der Waals surface area contributed by atoms with Crippen molar-refractivity contribution in [2.24, 2.45) is 0 Å². The lowest BCUT2D eigenvalue weighted by Gasteiger charge is -2.32. The van der Waals surface area contributed by atoms with Crippen molar-refractivity contribution in [1.82, 2.24) is 9.80 Å². The molecule has 1 N–H and O–H groups in total. The van der Waals surface area contributed by atoms with E-state index in [9.17, 15) is 18.4 Å². The highest BCUT2D eigenvalue weighted by Gasteiger charge is 2.20. The van der Waals surface area contributed by atoms with Crippen molar-refractivity contribution in [2.75, 3.05) is 38.5 Å². The fourth-order valence-electron chi connectivity index (χ4n) is 2.76. The van der Waals surface area contributed by atoms with Crippen LogP contribution < -0.4 is 5.32 Å². The third-order valence-corrected chi connectivity index (χ3v) is 4.39. The number of likely N-dealkylation sites (N-methyl/N-ethyl adjacent to an activating group) is 1. The van der Waals surface area contributed by atoms with Crippen molar-refractivity contribution in [3.63, 3.8) is 0 Å². The van der Waals surface area contributed by atoms with Crippen LogP contribution in [0.2, 0.25) is 0 Å². The molecular weight excluding hydrogens is 340 g/mol. The molecule has 1 fully saturated rings. The van der Waals surface area contributed by atoms with Crippen molar-refractivity contribution < 1.29 is 18.4 Å². The van der Waals surface area contributed by atoms with Crippen molar-refractivity contribution in [3.8, 4) is 0 Å². The molecule has 2 aromatic carbocycles. The molecule has 5 nitrogen and oxygen atoms in total. The Morgan fingerprint density at radius 1 is 0.885 bits per heavy atom. The Labute approximate surface area is 150 Å². The number of para-hydroxylation sites is 1. The van der Waals surface area contributed by atoms with E-state index in [-0.39, 0.29) is 11.5 Å². The van der Waals surface area contributed by atoms with Crippen molar-refractivity contribution in [2.45, 2.75) is 0 Å². The smallest absolute Gasteiger partial charge is 0.255 e. The zero-order valence-electron chi connectivity index (χ0n) is 14.3. The average molecular weight is 359 g/mol. The zero-order valence-corrected chi connectivity index (χ0v) is 14.3. The second-order valence-electron chi connectivity index (χ2n) is 6.22. The van der Waals surface area contributed by atoms with E-state index in [1.54, 1.807) is 17.0 Å². The second kappa shape index (κ2) is 7.61. The molecule has 7 heteroatoms. The van der Waals surface area contributed by atoms with Gasteiger partial charge in [-0.3, -0.25) is 9.59 Å². The molecule has 1 aliphatic heterocycles. The van der Waals surface area contributed by atoms with E-state index in [0.717, 1.165) is 25.2 Å². The minimum atomic E-state index is -0.847. The van der Waals surface area contributed by atoms with Crippen LogP contribution in [0, 0.1) is 11.6 Å². The highest BCUT2D eigenvalue weighted by molar-refractivity contribution is 6.05. The number of hydrogen-bond acceptors (Lipinski definition) is 3. The molecule has 3 rings (SSSR count). The number of nitrogens with one attached hydrogen (secondary N) is 1. The first-order chi connectivity index (χ1) is 12.5. The highest BCUT2D eigenvalue weighted by atomic mass is 19.1. The molecule has 0 spiro atoms. The van der Waals surface area contributed by atoms with Gasteiger partial charge < -0.3 is 15.1 Å². The molecule has 0 saturated carbocycles. The first-order valence-electron chi connectivity index (χ1n) is 8.29. The van der Waals surface area contributed by atoms with Gasteiger partial charge in [0, 0.05) is 37.3 Å². The summed E-state index contributed by atoms with van der Waals surface area (Å²) in [4.78, 5) is 28.6. The van der Waals surface area contributed by atoms with Crippen LogP contribution in [0.1, 0.15) is 20.7 Å². The Morgan fingerprint density at radius 3 is 2.00 bits per heavy atom. The SMILES string of the molecule is CN1CCN(C(=O)c2ccc(C(=O)Nc3c(F)cccc3F)cc2)CC1. The van der Waals surface area contributed by atoms with E-state index in [0.29, 0.717) is 18.7 Å². The van der Waals surface area contributed by atoms with E-state index >= 15 is 0 Å². The molecule has 1 heterocycles. The first-order valence-corrected chi connectivity index (χ1v) is 8.29. The van der Waals surface area contributed by atoms with E-state index in [4.69, 9.17) is 0 Å². The lowest BCUT2D eigenvalue weighted by molar-refractivity contribution is 0.0664. The number of hydrogen-bond donors (Lipinski definition) is 1. The quantitative estimate of drug-likeness (QED) is 0.917.